The van der Waals surface area contributed by atoms with Crippen LogP contribution in [0.5, 0.6) is 5.75 Å². The summed E-state index contributed by atoms with van der Waals surface area (Å²) in [5.74, 6) is 0.452. The number of nitrogens with zero attached hydrogens (tertiary/aromatic N) is 2. The second-order valence-electron chi connectivity index (χ2n) is 5.81. The lowest BCUT2D eigenvalue weighted by Crippen LogP contribution is -2.59. The zero-order valence-corrected chi connectivity index (χ0v) is 13.7. The van der Waals surface area contributed by atoms with Crippen LogP contribution in [-0.4, -0.2) is 68.3 Å². The molecule has 0 unspecified atom stereocenters. The predicted molar refractivity (Wildman–Crippen MR) is 84.7 cm³/mol. The van der Waals surface area contributed by atoms with E-state index in [1.807, 2.05) is 4.90 Å². The van der Waals surface area contributed by atoms with Crippen LogP contribution in [0.3, 0.4) is 0 Å². The molecule has 0 bridgehead atoms. The van der Waals surface area contributed by atoms with Crippen LogP contribution < -0.4 is 4.74 Å². The second-order valence-corrected chi connectivity index (χ2v) is 6.22. The van der Waals surface area contributed by atoms with Gasteiger partial charge in [0.25, 0.3) is 5.91 Å². The lowest BCUT2D eigenvalue weighted by Gasteiger charge is -2.45. The molecule has 2 aliphatic heterocycles. The van der Waals surface area contributed by atoms with Crippen LogP contribution in [0.2, 0.25) is 5.02 Å². The highest BCUT2D eigenvalue weighted by Gasteiger charge is 2.37. The van der Waals surface area contributed by atoms with Gasteiger partial charge < -0.3 is 14.4 Å². The average molecular weight is 325 g/mol. The number of carbonyl (C=O) groups is 1. The van der Waals surface area contributed by atoms with Crippen molar-refractivity contribution in [2.24, 2.45) is 0 Å². The smallest absolute Gasteiger partial charge is 0.259 e. The van der Waals surface area contributed by atoms with Gasteiger partial charge in [-0.2, -0.15) is 0 Å². The van der Waals surface area contributed by atoms with Gasteiger partial charge in [-0.3, -0.25) is 9.69 Å². The first kappa shape index (κ1) is 15.6. The van der Waals surface area contributed by atoms with E-state index in [0.717, 1.165) is 19.6 Å². The SMILES string of the molecule is COc1cccc(Cl)c1C(=O)N1CC[C@H]2OCCN(C)[C@H]2C1. The van der Waals surface area contributed by atoms with Crippen molar-refractivity contribution in [2.75, 3.05) is 40.4 Å². The third-order valence-electron chi connectivity index (χ3n) is 4.56. The molecule has 1 aromatic carbocycles. The average Bonchev–Trinajstić information content (AvgIpc) is 2.54. The molecule has 6 heteroatoms. The van der Waals surface area contributed by atoms with Gasteiger partial charge >= 0.3 is 0 Å². The van der Waals surface area contributed by atoms with E-state index in [0.29, 0.717) is 29.4 Å². The van der Waals surface area contributed by atoms with Gasteiger partial charge in [0.1, 0.15) is 11.3 Å². The molecular weight excluding hydrogens is 304 g/mol. The van der Waals surface area contributed by atoms with Crippen molar-refractivity contribution >= 4 is 17.5 Å². The number of halogens is 1. The number of carbonyl (C=O) groups excluding carboxylic acids is 1. The Labute approximate surface area is 135 Å². The Morgan fingerprint density at radius 1 is 1.41 bits per heavy atom. The van der Waals surface area contributed by atoms with Gasteiger partial charge in [-0.1, -0.05) is 17.7 Å². The maximum Gasteiger partial charge on any atom is 0.259 e. The molecule has 0 aromatic heterocycles. The monoisotopic (exact) mass is 324 g/mol. The number of likely N-dealkylation sites (N-methyl/N-ethyl adjacent to an activating group) is 1. The maximum atomic E-state index is 12.9. The van der Waals surface area contributed by atoms with E-state index in [4.69, 9.17) is 21.1 Å². The van der Waals surface area contributed by atoms with Crippen molar-refractivity contribution in [3.63, 3.8) is 0 Å². The number of ether oxygens (including phenoxy) is 2. The Balaban J connectivity index is 1.81. The third kappa shape index (κ3) is 2.81. The molecule has 5 nitrogen and oxygen atoms in total. The van der Waals surface area contributed by atoms with Crippen LogP contribution in [0.25, 0.3) is 0 Å². The van der Waals surface area contributed by atoms with Gasteiger partial charge in [0.05, 0.1) is 30.9 Å². The first-order chi connectivity index (χ1) is 10.6. The van der Waals surface area contributed by atoms with Crippen LogP contribution in [-0.2, 0) is 4.74 Å². The number of benzene rings is 1. The molecule has 120 valence electrons. The lowest BCUT2D eigenvalue weighted by atomic mass is 9.98. The molecule has 2 heterocycles. The molecule has 3 rings (SSSR count). The fourth-order valence-corrected chi connectivity index (χ4v) is 3.51. The normalized spacial score (nSPS) is 25.7. The molecule has 0 aliphatic carbocycles. The van der Waals surface area contributed by atoms with Gasteiger partial charge in [0.15, 0.2) is 0 Å². The second kappa shape index (κ2) is 6.44. The van der Waals surface area contributed by atoms with Crippen molar-refractivity contribution in [3.05, 3.63) is 28.8 Å². The summed E-state index contributed by atoms with van der Waals surface area (Å²) in [7, 11) is 3.64. The molecule has 0 radical (unpaired) electrons. The highest BCUT2D eigenvalue weighted by molar-refractivity contribution is 6.34. The largest absolute Gasteiger partial charge is 0.496 e. The molecule has 2 fully saturated rings. The number of amides is 1. The molecule has 2 aliphatic rings. The molecular formula is C16H21ClN2O3. The summed E-state index contributed by atoms with van der Waals surface area (Å²) in [5, 5.41) is 0.430. The van der Waals surface area contributed by atoms with E-state index in [1.165, 1.54) is 0 Å². The molecule has 1 aromatic rings. The van der Waals surface area contributed by atoms with Crippen LogP contribution in [0.15, 0.2) is 18.2 Å². The van der Waals surface area contributed by atoms with Crippen molar-refractivity contribution in [1.82, 2.24) is 9.80 Å². The number of rotatable bonds is 2. The van der Waals surface area contributed by atoms with E-state index in [9.17, 15) is 4.79 Å². The maximum absolute atomic E-state index is 12.9. The van der Waals surface area contributed by atoms with Gasteiger partial charge in [0.2, 0.25) is 0 Å². The standard InChI is InChI=1S/C16H21ClN2O3/c1-18-8-9-22-13-6-7-19(10-12(13)18)16(20)15-11(17)4-3-5-14(15)21-2/h3-5,12-13H,6-10H2,1-2H3/t12-,13+/m0/s1. The van der Waals surface area contributed by atoms with Crippen LogP contribution >= 0.6 is 11.6 Å². The van der Waals surface area contributed by atoms with E-state index in [1.54, 1.807) is 25.3 Å². The minimum absolute atomic E-state index is 0.0696. The molecule has 0 saturated carbocycles. The van der Waals surface area contributed by atoms with Gasteiger partial charge in [-0.15, -0.1) is 0 Å². The molecule has 1 amide bonds. The van der Waals surface area contributed by atoms with Crippen molar-refractivity contribution < 1.29 is 14.3 Å². The molecule has 2 atom stereocenters. The first-order valence-electron chi connectivity index (χ1n) is 7.55. The quantitative estimate of drug-likeness (QED) is 0.833. The van der Waals surface area contributed by atoms with Crippen molar-refractivity contribution in [2.45, 2.75) is 18.6 Å². The van der Waals surface area contributed by atoms with E-state index in [-0.39, 0.29) is 18.1 Å². The predicted octanol–water partition coefficient (Wildman–Crippen LogP) is 1.89. The molecule has 22 heavy (non-hydrogen) atoms. The summed E-state index contributed by atoms with van der Waals surface area (Å²) >= 11 is 6.23. The topological polar surface area (TPSA) is 42.0 Å². The zero-order chi connectivity index (χ0) is 15.7. The summed E-state index contributed by atoms with van der Waals surface area (Å²) < 4.78 is 11.1. The Morgan fingerprint density at radius 2 is 2.23 bits per heavy atom. The Bertz CT molecular complexity index is 566. The van der Waals surface area contributed by atoms with Crippen molar-refractivity contribution in [1.29, 1.82) is 0 Å². The van der Waals surface area contributed by atoms with E-state index in [2.05, 4.69) is 11.9 Å². The van der Waals surface area contributed by atoms with Crippen LogP contribution in [0, 0.1) is 0 Å². The van der Waals surface area contributed by atoms with Gasteiger partial charge in [-0.25, -0.2) is 0 Å². The van der Waals surface area contributed by atoms with E-state index >= 15 is 0 Å². The van der Waals surface area contributed by atoms with Gasteiger partial charge in [0, 0.05) is 19.6 Å². The third-order valence-corrected chi connectivity index (χ3v) is 4.87. The lowest BCUT2D eigenvalue weighted by molar-refractivity contribution is -0.0893. The highest BCUT2D eigenvalue weighted by Crippen LogP contribution is 2.30. The summed E-state index contributed by atoms with van der Waals surface area (Å²) in [6.07, 6.45) is 1.07. The number of hydrogen-bond acceptors (Lipinski definition) is 4. The summed E-state index contributed by atoms with van der Waals surface area (Å²) in [6.45, 7) is 3.01. The van der Waals surface area contributed by atoms with Crippen LogP contribution in [0.4, 0.5) is 0 Å². The zero-order valence-electron chi connectivity index (χ0n) is 12.9. The van der Waals surface area contributed by atoms with Crippen LogP contribution in [0.1, 0.15) is 16.8 Å². The number of hydrogen-bond donors (Lipinski definition) is 0. The van der Waals surface area contributed by atoms with Gasteiger partial charge in [-0.05, 0) is 25.6 Å². The summed E-state index contributed by atoms with van der Waals surface area (Å²) in [4.78, 5) is 17.0. The number of fused-ring (bicyclic) bond motifs is 1. The van der Waals surface area contributed by atoms with Crippen molar-refractivity contribution in [3.8, 4) is 5.75 Å². The Morgan fingerprint density at radius 3 is 3.00 bits per heavy atom. The Hall–Kier alpha value is -1.30. The summed E-state index contributed by atoms with van der Waals surface area (Å²) in [6, 6.07) is 5.52. The molecule has 0 spiro atoms. The highest BCUT2D eigenvalue weighted by atomic mass is 35.5. The Kier molecular flexibility index (Phi) is 4.57. The number of likely N-dealkylation sites (tertiary alicyclic amines) is 1. The number of morpholine rings is 1. The molecule has 0 N–H and O–H groups in total. The number of methoxy groups -OCH3 is 1. The minimum atomic E-state index is -0.0696. The fourth-order valence-electron chi connectivity index (χ4n) is 3.27. The van der Waals surface area contributed by atoms with E-state index < -0.39 is 0 Å². The number of piperidine rings is 1. The summed E-state index contributed by atoms with van der Waals surface area (Å²) in [5.41, 5.74) is 0.449. The fraction of sp³-hybridized carbons (Fsp3) is 0.562. The minimum Gasteiger partial charge on any atom is -0.496 e. The molecule has 2 saturated heterocycles. The first-order valence-corrected chi connectivity index (χ1v) is 7.93.